The molecule has 1 aliphatic carbocycles. The summed E-state index contributed by atoms with van der Waals surface area (Å²) >= 11 is 3.44. The van der Waals surface area contributed by atoms with Crippen LogP contribution in [-0.4, -0.2) is 11.4 Å². The molecule has 0 spiro atoms. The molecule has 0 atom stereocenters. The Bertz CT molecular complexity index is 742. The number of fused-ring (bicyclic) bond motifs is 1. The highest BCUT2D eigenvalue weighted by atomic mass is 79.9. The summed E-state index contributed by atoms with van der Waals surface area (Å²) in [6.45, 7) is 0. The minimum atomic E-state index is -0.675. The molecule has 2 aromatic rings. The molecule has 21 heavy (non-hydrogen) atoms. The van der Waals surface area contributed by atoms with E-state index in [0.717, 1.165) is 40.9 Å². The van der Waals surface area contributed by atoms with E-state index in [4.69, 9.17) is 0 Å². The predicted molar refractivity (Wildman–Crippen MR) is 85.9 cm³/mol. The van der Waals surface area contributed by atoms with E-state index in [1.807, 2.05) is 36.4 Å². The molecular formula is C17H15BrN2O. The second kappa shape index (κ2) is 5.50. The third-order valence-electron chi connectivity index (χ3n) is 4.09. The fourth-order valence-electron chi connectivity index (χ4n) is 2.89. The molecule has 1 fully saturated rings. The Kier molecular flexibility index (Phi) is 3.69. The topological polar surface area (TPSA) is 52.9 Å². The van der Waals surface area contributed by atoms with E-state index < -0.39 is 5.54 Å². The molecule has 0 aromatic heterocycles. The summed E-state index contributed by atoms with van der Waals surface area (Å²) in [5.41, 5.74) is -0.0717. The Hall–Kier alpha value is -1.86. The largest absolute Gasteiger partial charge is 0.334 e. The second-order valence-corrected chi connectivity index (χ2v) is 6.48. The number of carbonyl (C=O) groups excluding carboxylic acids is 1. The monoisotopic (exact) mass is 342 g/mol. The van der Waals surface area contributed by atoms with E-state index in [1.165, 1.54) is 0 Å². The van der Waals surface area contributed by atoms with E-state index in [9.17, 15) is 10.1 Å². The molecule has 1 aliphatic rings. The van der Waals surface area contributed by atoms with Crippen LogP contribution >= 0.6 is 15.9 Å². The first-order chi connectivity index (χ1) is 10.1. The summed E-state index contributed by atoms with van der Waals surface area (Å²) in [7, 11) is 0. The van der Waals surface area contributed by atoms with Gasteiger partial charge in [0.2, 0.25) is 0 Å². The van der Waals surface area contributed by atoms with Crippen LogP contribution in [0.1, 0.15) is 36.0 Å². The molecule has 2 aromatic carbocycles. The van der Waals surface area contributed by atoms with Gasteiger partial charge >= 0.3 is 0 Å². The summed E-state index contributed by atoms with van der Waals surface area (Å²) in [6.07, 6.45) is 3.49. The lowest BCUT2D eigenvalue weighted by atomic mass is 9.98. The lowest BCUT2D eigenvalue weighted by Gasteiger charge is -2.22. The molecular weight excluding hydrogens is 328 g/mol. The van der Waals surface area contributed by atoms with Crippen molar-refractivity contribution in [2.45, 2.75) is 31.2 Å². The van der Waals surface area contributed by atoms with Gasteiger partial charge in [-0.15, -0.1) is 0 Å². The first-order valence-electron chi connectivity index (χ1n) is 7.05. The van der Waals surface area contributed by atoms with Crippen LogP contribution in [0, 0.1) is 11.3 Å². The molecule has 1 amide bonds. The third kappa shape index (κ3) is 2.79. The van der Waals surface area contributed by atoms with E-state index in [2.05, 4.69) is 27.3 Å². The van der Waals surface area contributed by atoms with Crippen molar-refractivity contribution < 1.29 is 4.79 Å². The number of nitrogens with zero attached hydrogens (tertiary/aromatic N) is 1. The maximum absolute atomic E-state index is 12.4. The van der Waals surface area contributed by atoms with Crippen LogP contribution in [0.5, 0.6) is 0 Å². The molecule has 0 aliphatic heterocycles. The normalized spacial score (nSPS) is 16.6. The summed E-state index contributed by atoms with van der Waals surface area (Å²) in [6, 6.07) is 13.9. The molecule has 1 N–H and O–H groups in total. The van der Waals surface area contributed by atoms with Crippen molar-refractivity contribution in [3.8, 4) is 6.07 Å². The SMILES string of the molecule is N#CC1(NC(=O)c2ccc3cc(Br)ccc3c2)CCCC1. The number of carbonyl (C=O) groups is 1. The van der Waals surface area contributed by atoms with E-state index in [1.54, 1.807) is 0 Å². The summed E-state index contributed by atoms with van der Waals surface area (Å²) in [4.78, 5) is 12.4. The van der Waals surface area contributed by atoms with Crippen molar-refractivity contribution in [2.75, 3.05) is 0 Å². The van der Waals surface area contributed by atoms with Crippen molar-refractivity contribution in [3.05, 3.63) is 46.4 Å². The van der Waals surface area contributed by atoms with E-state index in [0.29, 0.717) is 5.56 Å². The van der Waals surface area contributed by atoms with Crippen molar-refractivity contribution >= 4 is 32.6 Å². The van der Waals surface area contributed by atoms with Gasteiger partial charge in [-0.2, -0.15) is 5.26 Å². The van der Waals surface area contributed by atoms with Crippen LogP contribution < -0.4 is 5.32 Å². The molecule has 0 unspecified atom stereocenters. The smallest absolute Gasteiger partial charge is 0.252 e. The lowest BCUT2D eigenvalue weighted by molar-refractivity contribution is 0.0921. The van der Waals surface area contributed by atoms with Crippen molar-refractivity contribution in [1.82, 2.24) is 5.32 Å². The Balaban J connectivity index is 1.88. The number of nitriles is 1. The highest BCUT2D eigenvalue weighted by molar-refractivity contribution is 9.10. The zero-order valence-electron chi connectivity index (χ0n) is 11.5. The fraction of sp³-hybridized carbons (Fsp3) is 0.294. The Labute approximate surface area is 132 Å². The molecule has 3 nitrogen and oxygen atoms in total. The Morgan fingerprint density at radius 1 is 1.14 bits per heavy atom. The minimum Gasteiger partial charge on any atom is -0.334 e. The Morgan fingerprint density at radius 3 is 2.52 bits per heavy atom. The first-order valence-corrected chi connectivity index (χ1v) is 7.84. The average Bonchev–Trinajstić information content (AvgIpc) is 2.95. The van der Waals surface area contributed by atoms with Gasteiger partial charge in [0.05, 0.1) is 6.07 Å². The Morgan fingerprint density at radius 2 is 1.81 bits per heavy atom. The standard InChI is InChI=1S/C17H15BrN2O/c18-15-6-5-12-9-14(4-3-13(12)10-15)16(21)20-17(11-19)7-1-2-8-17/h3-6,9-10H,1-2,7-8H2,(H,20,21). The van der Waals surface area contributed by atoms with Crippen molar-refractivity contribution in [2.24, 2.45) is 0 Å². The van der Waals surface area contributed by atoms with Gasteiger partial charge in [0.15, 0.2) is 0 Å². The van der Waals surface area contributed by atoms with Gasteiger partial charge in [-0.05, 0) is 60.7 Å². The fourth-order valence-corrected chi connectivity index (χ4v) is 3.27. The molecule has 3 rings (SSSR count). The molecule has 106 valence electrons. The van der Waals surface area contributed by atoms with Gasteiger partial charge < -0.3 is 5.32 Å². The van der Waals surface area contributed by atoms with E-state index in [-0.39, 0.29) is 5.91 Å². The number of amides is 1. The zero-order chi connectivity index (χ0) is 14.9. The number of halogens is 1. The third-order valence-corrected chi connectivity index (χ3v) is 4.58. The number of hydrogen-bond acceptors (Lipinski definition) is 2. The zero-order valence-corrected chi connectivity index (χ0v) is 13.1. The van der Waals surface area contributed by atoms with Crippen LogP contribution in [-0.2, 0) is 0 Å². The van der Waals surface area contributed by atoms with Crippen LogP contribution in [0.15, 0.2) is 40.9 Å². The van der Waals surface area contributed by atoms with Gasteiger partial charge in [0, 0.05) is 10.0 Å². The molecule has 4 heteroatoms. The molecule has 0 bridgehead atoms. The number of nitrogens with one attached hydrogen (secondary N) is 1. The first kappa shape index (κ1) is 14.1. The number of rotatable bonds is 2. The maximum Gasteiger partial charge on any atom is 0.252 e. The lowest BCUT2D eigenvalue weighted by Crippen LogP contribution is -2.45. The van der Waals surface area contributed by atoms with Gasteiger partial charge in [0.25, 0.3) is 5.91 Å². The highest BCUT2D eigenvalue weighted by Crippen LogP contribution is 2.29. The number of benzene rings is 2. The number of hydrogen-bond donors (Lipinski definition) is 1. The summed E-state index contributed by atoms with van der Waals surface area (Å²) < 4.78 is 1.02. The molecule has 0 heterocycles. The minimum absolute atomic E-state index is 0.164. The van der Waals surface area contributed by atoms with Gasteiger partial charge in [-0.3, -0.25) is 4.79 Å². The van der Waals surface area contributed by atoms with Crippen molar-refractivity contribution in [1.29, 1.82) is 5.26 Å². The van der Waals surface area contributed by atoms with E-state index >= 15 is 0 Å². The second-order valence-electron chi connectivity index (χ2n) is 5.56. The predicted octanol–water partition coefficient (Wildman–Crippen LogP) is 4.17. The maximum atomic E-state index is 12.4. The molecule has 1 saturated carbocycles. The average molecular weight is 343 g/mol. The van der Waals surface area contributed by atoms with Crippen LogP contribution in [0.3, 0.4) is 0 Å². The highest BCUT2D eigenvalue weighted by Gasteiger charge is 2.35. The van der Waals surface area contributed by atoms with Crippen LogP contribution in [0.25, 0.3) is 10.8 Å². The quantitative estimate of drug-likeness (QED) is 0.890. The van der Waals surface area contributed by atoms with Gasteiger partial charge in [0.1, 0.15) is 5.54 Å². The van der Waals surface area contributed by atoms with Crippen LogP contribution in [0.2, 0.25) is 0 Å². The van der Waals surface area contributed by atoms with Gasteiger partial charge in [-0.25, -0.2) is 0 Å². The van der Waals surface area contributed by atoms with Gasteiger partial charge in [-0.1, -0.05) is 28.1 Å². The summed E-state index contributed by atoms with van der Waals surface area (Å²) in [5, 5.41) is 14.4. The molecule has 0 radical (unpaired) electrons. The molecule has 0 saturated heterocycles. The van der Waals surface area contributed by atoms with Crippen molar-refractivity contribution in [3.63, 3.8) is 0 Å². The van der Waals surface area contributed by atoms with Crippen LogP contribution in [0.4, 0.5) is 0 Å². The summed E-state index contributed by atoms with van der Waals surface area (Å²) in [5.74, 6) is -0.164.